The van der Waals surface area contributed by atoms with Gasteiger partial charge in [0.1, 0.15) is 0 Å². The Morgan fingerprint density at radius 2 is 1.68 bits per heavy atom. The van der Waals surface area contributed by atoms with Crippen LogP contribution >= 0.6 is 0 Å². The van der Waals surface area contributed by atoms with Crippen LogP contribution in [0.2, 0.25) is 0 Å². The highest BCUT2D eigenvalue weighted by Crippen LogP contribution is 2.68. The van der Waals surface area contributed by atoms with Crippen LogP contribution in [0.15, 0.2) is 0 Å². The van der Waals surface area contributed by atoms with Crippen molar-refractivity contribution in [3.8, 4) is 0 Å². The molecule has 0 radical (unpaired) electrons. The van der Waals surface area contributed by atoms with E-state index < -0.39 is 16.2 Å². The Kier molecular flexibility index (Phi) is 8.75. The lowest BCUT2D eigenvalue weighted by Crippen LogP contribution is -2.58. The van der Waals surface area contributed by atoms with Crippen molar-refractivity contribution >= 4 is 16.0 Å². The van der Waals surface area contributed by atoms with Gasteiger partial charge in [0, 0.05) is 13.0 Å². The van der Waals surface area contributed by atoms with E-state index in [0.29, 0.717) is 41.9 Å². The van der Waals surface area contributed by atoms with Crippen LogP contribution in [-0.4, -0.2) is 55.1 Å². The fourth-order valence-electron chi connectivity index (χ4n) is 9.48. The van der Waals surface area contributed by atoms with Gasteiger partial charge < -0.3 is 15.5 Å². The molecule has 0 saturated heterocycles. The first-order valence-electron chi connectivity index (χ1n) is 14.8. The lowest BCUT2D eigenvalue weighted by atomic mass is 9.43. The molecule has 0 aromatic carbocycles. The van der Waals surface area contributed by atoms with E-state index in [1.807, 2.05) is 0 Å². The summed E-state index contributed by atoms with van der Waals surface area (Å²) >= 11 is 0. The summed E-state index contributed by atoms with van der Waals surface area (Å²) in [6.07, 6.45) is 8.64. The molecule has 4 aliphatic carbocycles. The normalized spacial score (nSPS) is 42.5. The predicted octanol–water partition coefficient (Wildman–Crippen LogP) is 4.26. The fraction of sp³-hybridized carbons (Fsp3) is 0.966. The number of carbonyl (C=O) groups is 1. The van der Waals surface area contributed by atoms with Crippen LogP contribution in [0.1, 0.15) is 98.8 Å². The Morgan fingerprint density at radius 1 is 1.00 bits per heavy atom. The van der Waals surface area contributed by atoms with Gasteiger partial charge in [-0.15, -0.1) is 0 Å². The average molecular weight is 542 g/mol. The minimum atomic E-state index is -3.62. The highest BCUT2D eigenvalue weighted by molar-refractivity contribution is 7.86. The third kappa shape index (κ3) is 5.92. The van der Waals surface area contributed by atoms with E-state index in [0.717, 1.165) is 51.4 Å². The van der Waals surface area contributed by atoms with E-state index in [-0.39, 0.29) is 41.2 Å². The lowest BCUT2D eigenvalue weighted by molar-refractivity contribution is -0.174. The van der Waals surface area contributed by atoms with E-state index >= 15 is 0 Å². The standard InChI is InChI=1S/C29H51NO6S/c1-18(2)36-37(34,35)15-14-30-26(33)9-6-19(3)22-7-8-23-27-24(11-13-29(22,23)5)28(4)12-10-21(31)16-20(28)17-25(27)32/h18-25,27,31-32H,6-17H2,1-5H3,(H,30,33)/t19-,20+,21-,22-,23+,24+,25+,27+,28+,29-/m1/s1. The highest BCUT2D eigenvalue weighted by atomic mass is 32.2. The van der Waals surface area contributed by atoms with Gasteiger partial charge in [-0.2, -0.15) is 8.42 Å². The number of fused-ring (bicyclic) bond motifs is 5. The first kappa shape index (κ1) is 29.3. The van der Waals surface area contributed by atoms with Gasteiger partial charge in [0.15, 0.2) is 0 Å². The monoisotopic (exact) mass is 541 g/mol. The molecule has 10 atom stereocenters. The third-order valence-corrected chi connectivity index (χ3v) is 12.6. The van der Waals surface area contributed by atoms with E-state index in [2.05, 4.69) is 26.1 Å². The second-order valence-electron chi connectivity index (χ2n) is 13.7. The van der Waals surface area contributed by atoms with Crippen molar-refractivity contribution in [2.24, 2.45) is 46.3 Å². The summed E-state index contributed by atoms with van der Waals surface area (Å²) in [4.78, 5) is 12.5. The van der Waals surface area contributed by atoms with Crippen molar-refractivity contribution in [2.45, 2.75) is 117 Å². The van der Waals surface area contributed by atoms with Gasteiger partial charge in [0.05, 0.1) is 24.1 Å². The van der Waals surface area contributed by atoms with Crippen LogP contribution in [0.5, 0.6) is 0 Å². The minimum Gasteiger partial charge on any atom is -0.393 e. The van der Waals surface area contributed by atoms with Gasteiger partial charge in [-0.1, -0.05) is 20.8 Å². The maximum atomic E-state index is 12.5. The van der Waals surface area contributed by atoms with Crippen molar-refractivity contribution < 1.29 is 27.6 Å². The summed E-state index contributed by atoms with van der Waals surface area (Å²) in [5.74, 6) is 2.48. The van der Waals surface area contributed by atoms with Crippen molar-refractivity contribution in [2.75, 3.05) is 12.3 Å². The Bertz CT molecular complexity index is 923. The molecule has 4 fully saturated rings. The Hall–Kier alpha value is -0.700. The number of carbonyl (C=O) groups excluding carboxylic acids is 1. The molecule has 7 nitrogen and oxygen atoms in total. The molecular formula is C29H51NO6S. The molecule has 4 rings (SSSR count). The molecule has 0 aromatic rings. The molecule has 1 amide bonds. The van der Waals surface area contributed by atoms with Crippen molar-refractivity contribution in [1.29, 1.82) is 0 Å². The number of rotatable bonds is 9. The SMILES string of the molecule is CC(C)OS(=O)(=O)CCNC(=O)CC[C@@H](C)[C@H]1CC[C@H]2[C@@H]3[C@@H](O)C[C@@H]4C[C@H](O)CC[C@]4(C)[C@H]3CC[C@]12C. The molecule has 4 aliphatic rings. The molecule has 0 aliphatic heterocycles. The van der Waals surface area contributed by atoms with Gasteiger partial charge in [-0.25, -0.2) is 0 Å². The number of aliphatic hydroxyl groups excluding tert-OH is 2. The first-order chi connectivity index (χ1) is 17.3. The summed E-state index contributed by atoms with van der Waals surface area (Å²) in [6, 6.07) is 0. The first-order valence-corrected chi connectivity index (χ1v) is 16.4. The van der Waals surface area contributed by atoms with Crippen LogP contribution in [-0.2, 0) is 19.1 Å². The second kappa shape index (κ2) is 11.1. The average Bonchev–Trinajstić information content (AvgIpc) is 3.15. The van der Waals surface area contributed by atoms with Gasteiger partial charge >= 0.3 is 0 Å². The molecule has 0 unspecified atom stereocenters. The maximum absolute atomic E-state index is 12.5. The largest absolute Gasteiger partial charge is 0.393 e. The molecule has 8 heteroatoms. The van der Waals surface area contributed by atoms with Crippen LogP contribution in [0.25, 0.3) is 0 Å². The predicted molar refractivity (Wildman–Crippen MR) is 144 cm³/mol. The summed E-state index contributed by atoms with van der Waals surface area (Å²) in [6.45, 7) is 10.6. The number of nitrogens with one attached hydrogen (secondary N) is 1. The van der Waals surface area contributed by atoms with E-state index in [4.69, 9.17) is 4.18 Å². The molecule has 0 heterocycles. The smallest absolute Gasteiger partial charge is 0.269 e. The number of hydrogen-bond donors (Lipinski definition) is 3. The maximum Gasteiger partial charge on any atom is 0.269 e. The summed E-state index contributed by atoms with van der Waals surface area (Å²) in [5.41, 5.74) is 0.428. The van der Waals surface area contributed by atoms with E-state index in [1.165, 1.54) is 6.42 Å². The molecule has 0 aromatic heterocycles. The second-order valence-corrected chi connectivity index (χ2v) is 15.4. The van der Waals surface area contributed by atoms with Crippen molar-refractivity contribution in [3.05, 3.63) is 0 Å². The van der Waals surface area contributed by atoms with Gasteiger partial charge in [-0.05, 0) is 118 Å². The zero-order valence-electron chi connectivity index (χ0n) is 23.6. The Labute approximate surface area is 224 Å². The minimum absolute atomic E-state index is 0.0727. The van der Waals surface area contributed by atoms with Gasteiger partial charge in [-0.3, -0.25) is 8.98 Å². The fourth-order valence-corrected chi connectivity index (χ4v) is 10.5. The Balaban J connectivity index is 1.33. The summed E-state index contributed by atoms with van der Waals surface area (Å²) < 4.78 is 28.7. The van der Waals surface area contributed by atoms with Crippen molar-refractivity contribution in [1.82, 2.24) is 5.32 Å². The van der Waals surface area contributed by atoms with Gasteiger partial charge in [0.2, 0.25) is 5.91 Å². The molecule has 37 heavy (non-hydrogen) atoms. The highest BCUT2D eigenvalue weighted by Gasteiger charge is 2.62. The molecule has 4 saturated carbocycles. The zero-order chi connectivity index (χ0) is 27.2. The topological polar surface area (TPSA) is 113 Å². The molecule has 0 spiro atoms. The van der Waals surface area contributed by atoms with Crippen LogP contribution in [0.3, 0.4) is 0 Å². The molecular weight excluding hydrogens is 490 g/mol. The summed E-state index contributed by atoms with van der Waals surface area (Å²) in [5, 5.41) is 24.5. The van der Waals surface area contributed by atoms with Crippen LogP contribution in [0, 0.1) is 46.3 Å². The number of hydrogen-bond acceptors (Lipinski definition) is 6. The third-order valence-electron chi connectivity index (χ3n) is 11.3. The van der Waals surface area contributed by atoms with Crippen LogP contribution < -0.4 is 5.32 Å². The molecule has 214 valence electrons. The van der Waals surface area contributed by atoms with Gasteiger partial charge in [0.25, 0.3) is 10.1 Å². The van der Waals surface area contributed by atoms with E-state index in [1.54, 1.807) is 13.8 Å². The zero-order valence-corrected chi connectivity index (χ0v) is 24.4. The van der Waals surface area contributed by atoms with Crippen LogP contribution in [0.4, 0.5) is 0 Å². The number of aliphatic hydroxyl groups is 2. The Morgan fingerprint density at radius 3 is 2.38 bits per heavy atom. The van der Waals surface area contributed by atoms with E-state index in [9.17, 15) is 23.4 Å². The summed E-state index contributed by atoms with van der Waals surface area (Å²) in [7, 11) is -3.62. The number of amides is 1. The molecule has 0 bridgehead atoms. The molecule has 3 N–H and O–H groups in total. The quantitative estimate of drug-likeness (QED) is 0.376. The lowest BCUT2D eigenvalue weighted by Gasteiger charge is -2.62. The van der Waals surface area contributed by atoms with Crippen molar-refractivity contribution in [3.63, 3.8) is 0 Å².